The van der Waals surface area contributed by atoms with E-state index in [0.717, 1.165) is 29.4 Å². The Morgan fingerprint density at radius 1 is 1.46 bits per heavy atom. The van der Waals surface area contributed by atoms with Crippen LogP contribution in [0.25, 0.3) is 0 Å². The molecular weight excluding hydrogens is 182 g/mol. The summed E-state index contributed by atoms with van der Waals surface area (Å²) in [5, 5.41) is 8.32. The minimum atomic E-state index is 0.617. The van der Waals surface area contributed by atoms with Crippen LogP contribution < -0.4 is 0 Å². The molecule has 0 atom stereocenters. The molecule has 3 heteroatoms. The molecule has 0 bridgehead atoms. The smallest absolute Gasteiger partial charge is 0.114 e. The molecular formula is C10H13NOS. The second-order valence-electron chi connectivity index (χ2n) is 2.68. The van der Waals surface area contributed by atoms with E-state index in [2.05, 4.69) is 13.0 Å². The molecule has 70 valence electrons. The SMILES string of the molecule is CCc1ccc(CSCCC#N)o1. The standard InChI is InChI=1S/C10H13NOS/c1-2-9-4-5-10(12-9)8-13-7-3-6-11/h4-5H,2-3,7-8H2,1H3. The summed E-state index contributed by atoms with van der Waals surface area (Å²) in [5.74, 6) is 3.82. The number of thioether (sulfide) groups is 1. The number of rotatable bonds is 5. The summed E-state index contributed by atoms with van der Waals surface area (Å²) >= 11 is 1.74. The van der Waals surface area contributed by atoms with Gasteiger partial charge in [0.1, 0.15) is 11.5 Å². The third-order valence-corrected chi connectivity index (χ3v) is 2.65. The van der Waals surface area contributed by atoms with Crippen molar-refractivity contribution in [2.45, 2.75) is 25.5 Å². The molecule has 1 heterocycles. The molecule has 0 unspecified atom stereocenters. The van der Waals surface area contributed by atoms with E-state index in [0.29, 0.717) is 6.42 Å². The van der Waals surface area contributed by atoms with E-state index < -0.39 is 0 Å². The molecule has 0 fully saturated rings. The molecule has 0 N–H and O–H groups in total. The van der Waals surface area contributed by atoms with Gasteiger partial charge in [0.15, 0.2) is 0 Å². The Morgan fingerprint density at radius 2 is 2.23 bits per heavy atom. The highest BCUT2D eigenvalue weighted by Gasteiger charge is 1.99. The van der Waals surface area contributed by atoms with E-state index in [4.69, 9.17) is 9.68 Å². The number of nitriles is 1. The maximum absolute atomic E-state index is 8.32. The van der Waals surface area contributed by atoms with Crippen LogP contribution in [0.5, 0.6) is 0 Å². The van der Waals surface area contributed by atoms with Crippen LogP contribution in [0, 0.1) is 11.3 Å². The van der Waals surface area contributed by atoms with Gasteiger partial charge in [-0.05, 0) is 12.1 Å². The second kappa shape index (κ2) is 5.71. The Kier molecular flexibility index (Phi) is 4.48. The van der Waals surface area contributed by atoms with Gasteiger partial charge < -0.3 is 4.42 Å². The van der Waals surface area contributed by atoms with Crippen molar-refractivity contribution in [2.24, 2.45) is 0 Å². The first kappa shape index (κ1) is 10.2. The van der Waals surface area contributed by atoms with Gasteiger partial charge in [0.05, 0.1) is 11.8 Å². The van der Waals surface area contributed by atoms with E-state index >= 15 is 0 Å². The molecule has 0 saturated heterocycles. The molecule has 13 heavy (non-hydrogen) atoms. The zero-order valence-corrected chi connectivity index (χ0v) is 8.56. The summed E-state index contributed by atoms with van der Waals surface area (Å²) in [7, 11) is 0. The van der Waals surface area contributed by atoms with Gasteiger partial charge in [0, 0.05) is 18.6 Å². The minimum Gasteiger partial charge on any atom is -0.465 e. The fraction of sp³-hybridized carbons (Fsp3) is 0.500. The first-order valence-electron chi connectivity index (χ1n) is 4.39. The quantitative estimate of drug-likeness (QED) is 0.678. The first-order valence-corrected chi connectivity index (χ1v) is 5.54. The van der Waals surface area contributed by atoms with Gasteiger partial charge in [-0.15, -0.1) is 0 Å². The van der Waals surface area contributed by atoms with Crippen molar-refractivity contribution in [1.82, 2.24) is 0 Å². The summed E-state index contributed by atoms with van der Waals surface area (Å²) in [6, 6.07) is 6.15. The molecule has 0 aliphatic carbocycles. The average Bonchev–Trinajstić information content (AvgIpc) is 2.60. The maximum Gasteiger partial charge on any atom is 0.114 e. The van der Waals surface area contributed by atoms with E-state index in [1.54, 1.807) is 11.8 Å². The average molecular weight is 195 g/mol. The van der Waals surface area contributed by atoms with Crippen molar-refractivity contribution in [3.63, 3.8) is 0 Å². The molecule has 0 spiro atoms. The van der Waals surface area contributed by atoms with Gasteiger partial charge in [-0.2, -0.15) is 17.0 Å². The topological polar surface area (TPSA) is 36.9 Å². The van der Waals surface area contributed by atoms with Crippen LogP contribution in [-0.4, -0.2) is 5.75 Å². The van der Waals surface area contributed by atoms with Gasteiger partial charge >= 0.3 is 0 Å². The zero-order valence-electron chi connectivity index (χ0n) is 7.75. The number of nitrogens with zero attached hydrogens (tertiary/aromatic N) is 1. The van der Waals surface area contributed by atoms with Gasteiger partial charge in [0.2, 0.25) is 0 Å². The number of aryl methyl sites for hydroxylation is 1. The van der Waals surface area contributed by atoms with Crippen molar-refractivity contribution in [3.05, 3.63) is 23.7 Å². The maximum atomic E-state index is 8.32. The van der Waals surface area contributed by atoms with Crippen LogP contribution in [0.15, 0.2) is 16.5 Å². The molecule has 1 aromatic heterocycles. The molecule has 0 aromatic carbocycles. The molecule has 1 rings (SSSR count). The lowest BCUT2D eigenvalue weighted by molar-refractivity contribution is 0.485. The summed E-state index contributed by atoms with van der Waals surface area (Å²) in [5.41, 5.74) is 0. The number of furan rings is 1. The third kappa shape index (κ3) is 3.56. The lowest BCUT2D eigenvalue weighted by Gasteiger charge is -1.94. The Bertz CT molecular complexity index is 287. The van der Waals surface area contributed by atoms with Crippen molar-refractivity contribution < 1.29 is 4.42 Å². The van der Waals surface area contributed by atoms with Crippen LogP contribution in [-0.2, 0) is 12.2 Å². The van der Waals surface area contributed by atoms with Crippen molar-refractivity contribution in [2.75, 3.05) is 5.75 Å². The van der Waals surface area contributed by atoms with E-state index in [-0.39, 0.29) is 0 Å². The van der Waals surface area contributed by atoms with Crippen LogP contribution in [0.3, 0.4) is 0 Å². The van der Waals surface area contributed by atoms with Gasteiger partial charge in [0.25, 0.3) is 0 Å². The molecule has 2 nitrogen and oxygen atoms in total. The van der Waals surface area contributed by atoms with Crippen molar-refractivity contribution in [1.29, 1.82) is 5.26 Å². The lowest BCUT2D eigenvalue weighted by Crippen LogP contribution is -1.79. The third-order valence-electron chi connectivity index (χ3n) is 1.67. The van der Waals surface area contributed by atoms with Crippen molar-refractivity contribution in [3.8, 4) is 6.07 Å². The monoisotopic (exact) mass is 195 g/mol. The summed E-state index contributed by atoms with van der Waals surface area (Å²) in [4.78, 5) is 0. The van der Waals surface area contributed by atoms with Gasteiger partial charge in [-0.3, -0.25) is 0 Å². The Hall–Kier alpha value is -0.880. The molecule has 0 aliphatic heterocycles. The fourth-order valence-corrected chi connectivity index (χ4v) is 1.72. The molecule has 1 aromatic rings. The summed E-state index contributed by atoms with van der Waals surface area (Å²) in [6.45, 7) is 2.07. The highest BCUT2D eigenvalue weighted by molar-refractivity contribution is 7.98. The van der Waals surface area contributed by atoms with Crippen LogP contribution in [0.1, 0.15) is 24.9 Å². The largest absolute Gasteiger partial charge is 0.465 e. The first-order chi connectivity index (χ1) is 6.36. The predicted octanol–water partition coefficient (Wildman–Crippen LogP) is 2.99. The van der Waals surface area contributed by atoms with Gasteiger partial charge in [-0.25, -0.2) is 0 Å². The zero-order chi connectivity index (χ0) is 9.52. The van der Waals surface area contributed by atoms with E-state index in [9.17, 15) is 0 Å². The molecule has 0 amide bonds. The van der Waals surface area contributed by atoms with Crippen molar-refractivity contribution >= 4 is 11.8 Å². The highest BCUT2D eigenvalue weighted by Crippen LogP contribution is 2.16. The van der Waals surface area contributed by atoms with E-state index in [1.165, 1.54) is 0 Å². The lowest BCUT2D eigenvalue weighted by atomic mass is 10.4. The second-order valence-corrected chi connectivity index (χ2v) is 3.79. The van der Waals surface area contributed by atoms with Crippen LogP contribution >= 0.6 is 11.8 Å². The van der Waals surface area contributed by atoms with E-state index in [1.807, 2.05) is 12.1 Å². The number of hydrogen-bond acceptors (Lipinski definition) is 3. The molecule has 0 aliphatic rings. The van der Waals surface area contributed by atoms with Gasteiger partial charge in [-0.1, -0.05) is 6.92 Å². The summed E-state index contributed by atoms with van der Waals surface area (Å²) in [6.07, 6.45) is 1.56. The Balaban J connectivity index is 2.25. The Labute approximate surface area is 82.9 Å². The summed E-state index contributed by atoms with van der Waals surface area (Å²) < 4.78 is 5.51. The van der Waals surface area contributed by atoms with Crippen LogP contribution in [0.4, 0.5) is 0 Å². The molecule has 0 saturated carbocycles. The fourth-order valence-electron chi connectivity index (χ4n) is 0.980. The number of hydrogen-bond donors (Lipinski definition) is 0. The molecule has 0 radical (unpaired) electrons. The normalized spacial score (nSPS) is 9.85. The van der Waals surface area contributed by atoms with Crippen LogP contribution in [0.2, 0.25) is 0 Å². The predicted molar refractivity (Wildman–Crippen MR) is 54.5 cm³/mol. The minimum absolute atomic E-state index is 0.617. The Morgan fingerprint density at radius 3 is 2.85 bits per heavy atom. The highest BCUT2D eigenvalue weighted by atomic mass is 32.2.